The molecule has 0 fully saturated rings. The fourth-order valence-electron chi connectivity index (χ4n) is 1.26. The SMILES string of the molecule is COC(=O)c1ncc(C#N)c(C)c1C(F)F. The van der Waals surface area contributed by atoms with E-state index in [9.17, 15) is 13.6 Å². The summed E-state index contributed by atoms with van der Waals surface area (Å²) < 4.78 is 29.8. The van der Waals surface area contributed by atoms with Crippen molar-refractivity contribution >= 4 is 5.97 Å². The van der Waals surface area contributed by atoms with Crippen LogP contribution in [-0.4, -0.2) is 18.1 Å². The molecule has 0 aromatic carbocycles. The number of nitrogens with zero attached hydrogens (tertiary/aromatic N) is 2. The molecule has 0 aliphatic carbocycles. The monoisotopic (exact) mass is 226 g/mol. The van der Waals surface area contributed by atoms with Crippen molar-refractivity contribution in [1.82, 2.24) is 4.98 Å². The molecule has 4 nitrogen and oxygen atoms in total. The van der Waals surface area contributed by atoms with Gasteiger partial charge in [-0.1, -0.05) is 0 Å². The fourth-order valence-corrected chi connectivity index (χ4v) is 1.26. The lowest BCUT2D eigenvalue weighted by Gasteiger charge is -2.10. The first-order valence-corrected chi connectivity index (χ1v) is 4.29. The van der Waals surface area contributed by atoms with Crippen LogP contribution in [0.2, 0.25) is 0 Å². The van der Waals surface area contributed by atoms with Crippen LogP contribution < -0.4 is 0 Å². The van der Waals surface area contributed by atoms with Crippen molar-refractivity contribution in [2.45, 2.75) is 13.3 Å². The average molecular weight is 226 g/mol. The molecule has 0 aliphatic rings. The van der Waals surface area contributed by atoms with E-state index in [1.165, 1.54) is 6.92 Å². The second-order valence-corrected chi connectivity index (χ2v) is 2.96. The van der Waals surface area contributed by atoms with Crippen LogP contribution in [0.4, 0.5) is 8.78 Å². The van der Waals surface area contributed by atoms with Crippen LogP contribution in [0.25, 0.3) is 0 Å². The standard InChI is InChI=1S/C10H8F2N2O2/c1-5-6(3-13)4-14-8(10(15)16-2)7(5)9(11)12/h4,9H,1-2H3. The molecule has 1 aromatic heterocycles. The van der Waals surface area contributed by atoms with Gasteiger partial charge in [0.05, 0.1) is 18.2 Å². The maximum atomic E-state index is 12.7. The lowest BCUT2D eigenvalue weighted by molar-refractivity contribution is 0.0581. The molecule has 0 spiro atoms. The van der Waals surface area contributed by atoms with E-state index in [4.69, 9.17) is 5.26 Å². The topological polar surface area (TPSA) is 63.0 Å². The Bertz CT molecular complexity index is 467. The van der Waals surface area contributed by atoms with Crippen molar-refractivity contribution < 1.29 is 18.3 Å². The second-order valence-electron chi connectivity index (χ2n) is 2.96. The Balaban J connectivity index is 3.48. The molecule has 0 radical (unpaired) electrons. The normalized spacial score (nSPS) is 10.0. The highest BCUT2D eigenvalue weighted by Gasteiger charge is 2.24. The summed E-state index contributed by atoms with van der Waals surface area (Å²) in [5, 5.41) is 8.66. The zero-order valence-electron chi connectivity index (χ0n) is 8.62. The summed E-state index contributed by atoms with van der Waals surface area (Å²) in [6.07, 6.45) is -1.80. The molecule has 1 heterocycles. The van der Waals surface area contributed by atoms with Gasteiger partial charge < -0.3 is 4.74 Å². The Morgan fingerprint density at radius 3 is 2.69 bits per heavy atom. The molecule has 1 aromatic rings. The zero-order valence-corrected chi connectivity index (χ0v) is 8.62. The summed E-state index contributed by atoms with van der Waals surface area (Å²) >= 11 is 0. The maximum absolute atomic E-state index is 12.7. The van der Waals surface area contributed by atoms with Crippen molar-refractivity contribution in [3.05, 3.63) is 28.6 Å². The predicted octanol–water partition coefficient (Wildman–Crippen LogP) is 1.99. The highest BCUT2D eigenvalue weighted by atomic mass is 19.3. The van der Waals surface area contributed by atoms with Crippen LogP contribution >= 0.6 is 0 Å². The Morgan fingerprint density at radius 1 is 1.62 bits per heavy atom. The molecule has 6 heteroatoms. The van der Waals surface area contributed by atoms with E-state index in [0.29, 0.717) is 0 Å². The molecule has 16 heavy (non-hydrogen) atoms. The molecule has 0 unspecified atom stereocenters. The third-order valence-corrected chi connectivity index (χ3v) is 2.10. The number of hydrogen-bond acceptors (Lipinski definition) is 4. The largest absolute Gasteiger partial charge is 0.464 e. The number of ether oxygens (including phenoxy) is 1. The molecule has 1 rings (SSSR count). The van der Waals surface area contributed by atoms with Crippen molar-refractivity contribution in [3.63, 3.8) is 0 Å². The number of methoxy groups -OCH3 is 1. The van der Waals surface area contributed by atoms with E-state index in [-0.39, 0.29) is 11.1 Å². The Kier molecular flexibility index (Phi) is 3.51. The van der Waals surface area contributed by atoms with E-state index >= 15 is 0 Å². The number of halogens is 2. The molecule has 0 bridgehead atoms. The summed E-state index contributed by atoms with van der Waals surface area (Å²) in [6, 6.07) is 1.73. The number of pyridine rings is 1. The lowest BCUT2D eigenvalue weighted by atomic mass is 10.0. The summed E-state index contributed by atoms with van der Waals surface area (Å²) in [5.74, 6) is -0.942. The Labute approximate surface area is 90.5 Å². The number of esters is 1. The molecular formula is C10H8F2N2O2. The average Bonchev–Trinajstić information content (AvgIpc) is 2.26. The van der Waals surface area contributed by atoms with E-state index in [1.807, 2.05) is 0 Å². The molecule has 0 N–H and O–H groups in total. The van der Waals surface area contributed by atoms with Gasteiger partial charge in [0.25, 0.3) is 6.43 Å². The third kappa shape index (κ3) is 1.98. The Morgan fingerprint density at radius 2 is 2.25 bits per heavy atom. The number of aromatic nitrogens is 1. The van der Waals surface area contributed by atoms with Gasteiger partial charge in [0.2, 0.25) is 0 Å². The van der Waals surface area contributed by atoms with Gasteiger partial charge in [-0.05, 0) is 12.5 Å². The number of carbonyl (C=O) groups is 1. The minimum Gasteiger partial charge on any atom is -0.464 e. The van der Waals surface area contributed by atoms with Gasteiger partial charge in [-0.3, -0.25) is 0 Å². The number of rotatable bonds is 2. The van der Waals surface area contributed by atoms with Gasteiger partial charge in [0.1, 0.15) is 6.07 Å². The van der Waals surface area contributed by atoms with E-state index in [1.54, 1.807) is 6.07 Å². The van der Waals surface area contributed by atoms with Crippen molar-refractivity contribution in [2.24, 2.45) is 0 Å². The van der Waals surface area contributed by atoms with Crippen LogP contribution in [0.1, 0.15) is 33.6 Å². The van der Waals surface area contributed by atoms with Gasteiger partial charge >= 0.3 is 5.97 Å². The van der Waals surface area contributed by atoms with Gasteiger partial charge in [-0.2, -0.15) is 5.26 Å². The number of hydrogen-bond donors (Lipinski definition) is 0. The van der Waals surface area contributed by atoms with Crippen molar-refractivity contribution in [3.8, 4) is 6.07 Å². The van der Waals surface area contributed by atoms with E-state index < -0.39 is 23.7 Å². The quantitative estimate of drug-likeness (QED) is 0.723. The highest BCUT2D eigenvalue weighted by Crippen LogP contribution is 2.27. The summed E-state index contributed by atoms with van der Waals surface area (Å²) in [4.78, 5) is 14.7. The van der Waals surface area contributed by atoms with Crippen molar-refractivity contribution in [2.75, 3.05) is 7.11 Å². The van der Waals surface area contributed by atoms with Gasteiger partial charge in [-0.25, -0.2) is 18.6 Å². The van der Waals surface area contributed by atoms with Gasteiger partial charge in [0.15, 0.2) is 5.69 Å². The molecule has 0 atom stereocenters. The van der Waals surface area contributed by atoms with Gasteiger partial charge in [-0.15, -0.1) is 0 Å². The predicted molar refractivity (Wildman–Crippen MR) is 50.0 cm³/mol. The summed E-state index contributed by atoms with van der Waals surface area (Å²) in [7, 11) is 1.08. The maximum Gasteiger partial charge on any atom is 0.357 e. The second kappa shape index (κ2) is 4.66. The lowest BCUT2D eigenvalue weighted by Crippen LogP contribution is -2.11. The number of alkyl halides is 2. The van der Waals surface area contributed by atoms with E-state index in [0.717, 1.165) is 13.3 Å². The molecule has 0 amide bonds. The van der Waals surface area contributed by atoms with Crippen LogP contribution in [0, 0.1) is 18.3 Å². The van der Waals surface area contributed by atoms with Crippen LogP contribution in [0.15, 0.2) is 6.20 Å². The number of nitriles is 1. The minimum atomic E-state index is -2.88. The summed E-state index contributed by atoms with van der Waals surface area (Å²) in [6.45, 7) is 1.34. The first-order chi connectivity index (χ1) is 7.52. The molecular weight excluding hydrogens is 218 g/mol. The number of carbonyl (C=O) groups excluding carboxylic acids is 1. The fraction of sp³-hybridized carbons (Fsp3) is 0.300. The third-order valence-electron chi connectivity index (χ3n) is 2.10. The smallest absolute Gasteiger partial charge is 0.357 e. The van der Waals surface area contributed by atoms with Crippen LogP contribution in [-0.2, 0) is 4.74 Å². The van der Waals surface area contributed by atoms with Crippen LogP contribution in [0.5, 0.6) is 0 Å². The summed E-state index contributed by atoms with van der Waals surface area (Å²) in [5.41, 5.74) is -0.934. The van der Waals surface area contributed by atoms with Crippen LogP contribution in [0.3, 0.4) is 0 Å². The first-order valence-electron chi connectivity index (χ1n) is 4.29. The molecule has 0 aliphatic heterocycles. The minimum absolute atomic E-state index is 0.0166. The first kappa shape index (κ1) is 12.0. The van der Waals surface area contributed by atoms with E-state index in [2.05, 4.69) is 9.72 Å². The molecule has 0 saturated heterocycles. The molecule has 84 valence electrons. The Hall–Kier alpha value is -2.03. The zero-order chi connectivity index (χ0) is 12.3. The molecule has 0 saturated carbocycles. The highest BCUT2D eigenvalue weighted by molar-refractivity contribution is 5.89. The van der Waals surface area contributed by atoms with Crippen molar-refractivity contribution in [1.29, 1.82) is 5.26 Å². The van der Waals surface area contributed by atoms with Gasteiger partial charge in [0, 0.05) is 6.20 Å².